The van der Waals surface area contributed by atoms with Gasteiger partial charge in [0.05, 0.1) is 6.20 Å². The lowest BCUT2D eigenvalue weighted by atomic mass is 10.3. The Morgan fingerprint density at radius 2 is 2.11 bits per heavy atom. The molecular formula is C7H12FN. The topological polar surface area (TPSA) is 12.4 Å². The normalized spacial score (nSPS) is 14.2. The van der Waals surface area contributed by atoms with Crippen LogP contribution in [0.25, 0.3) is 0 Å². The molecule has 0 N–H and O–H groups in total. The molecule has 0 radical (unpaired) electrons. The van der Waals surface area contributed by atoms with Crippen molar-refractivity contribution < 1.29 is 4.39 Å². The van der Waals surface area contributed by atoms with Gasteiger partial charge in [0.2, 0.25) is 0 Å². The van der Waals surface area contributed by atoms with E-state index in [9.17, 15) is 4.39 Å². The molecule has 0 fully saturated rings. The summed E-state index contributed by atoms with van der Waals surface area (Å²) in [7, 11) is 0. The summed E-state index contributed by atoms with van der Waals surface area (Å²) < 4.78 is 12.0. The summed E-state index contributed by atoms with van der Waals surface area (Å²) in [6.45, 7) is 5.24. The van der Waals surface area contributed by atoms with Gasteiger partial charge in [-0.15, -0.1) is 0 Å². The van der Waals surface area contributed by atoms with Crippen LogP contribution in [0.2, 0.25) is 0 Å². The van der Waals surface area contributed by atoms with E-state index in [0.717, 1.165) is 12.1 Å². The minimum absolute atomic E-state index is 0.247. The van der Waals surface area contributed by atoms with Gasteiger partial charge < -0.3 is 0 Å². The molecule has 0 aliphatic heterocycles. The lowest BCUT2D eigenvalue weighted by Gasteiger charge is -1.87. The Morgan fingerprint density at radius 3 is 2.44 bits per heavy atom. The summed E-state index contributed by atoms with van der Waals surface area (Å²) in [5.74, 6) is -0.247. The van der Waals surface area contributed by atoms with Crippen LogP contribution in [0.4, 0.5) is 4.39 Å². The molecule has 0 aromatic heterocycles. The van der Waals surface area contributed by atoms with Crippen LogP contribution >= 0.6 is 0 Å². The van der Waals surface area contributed by atoms with Crippen LogP contribution in [0.5, 0.6) is 0 Å². The third-order valence-electron chi connectivity index (χ3n) is 0.974. The Labute approximate surface area is 55.3 Å². The Morgan fingerprint density at radius 1 is 1.56 bits per heavy atom. The Kier molecular flexibility index (Phi) is 3.93. The van der Waals surface area contributed by atoms with Crippen molar-refractivity contribution in [3.63, 3.8) is 0 Å². The summed E-state index contributed by atoms with van der Waals surface area (Å²) in [4.78, 5) is 3.82. The first kappa shape index (κ1) is 8.34. The Hall–Kier alpha value is -0.660. The van der Waals surface area contributed by atoms with Crippen LogP contribution in [0.15, 0.2) is 17.0 Å². The average molecular weight is 129 g/mol. The second-order valence-corrected chi connectivity index (χ2v) is 1.93. The summed E-state index contributed by atoms with van der Waals surface area (Å²) >= 11 is 0. The molecule has 0 unspecified atom stereocenters. The van der Waals surface area contributed by atoms with Crippen LogP contribution in [-0.2, 0) is 0 Å². The summed E-state index contributed by atoms with van der Waals surface area (Å²) in [5.41, 5.74) is 0.951. The smallest absolute Gasteiger partial charge is 0.115 e. The van der Waals surface area contributed by atoms with E-state index in [2.05, 4.69) is 4.99 Å². The third kappa shape index (κ3) is 5.21. The average Bonchev–Trinajstić information content (AvgIpc) is 1.83. The maximum atomic E-state index is 12.0. The number of allylic oxidation sites excluding steroid dienone is 1. The molecule has 2 heteroatoms. The number of nitrogens with zero attached hydrogens (tertiary/aromatic N) is 1. The Bertz CT molecular complexity index is 132. The highest BCUT2D eigenvalue weighted by molar-refractivity contribution is 5.82. The molecule has 52 valence electrons. The van der Waals surface area contributed by atoms with E-state index in [0.29, 0.717) is 0 Å². The van der Waals surface area contributed by atoms with Gasteiger partial charge in [0.1, 0.15) is 5.83 Å². The number of hydrogen-bond donors (Lipinski definition) is 0. The quantitative estimate of drug-likeness (QED) is 0.508. The minimum atomic E-state index is -0.247. The van der Waals surface area contributed by atoms with Gasteiger partial charge in [0.25, 0.3) is 0 Å². The molecule has 0 aromatic rings. The molecule has 1 nitrogen and oxygen atoms in total. The zero-order valence-corrected chi connectivity index (χ0v) is 6.11. The molecule has 0 aliphatic carbocycles. The monoisotopic (exact) mass is 129 g/mol. The molecule has 0 saturated carbocycles. The maximum absolute atomic E-state index is 12.0. The zero-order chi connectivity index (χ0) is 7.28. The standard InChI is InChI=1S/C7H12FN/c1-4-7(3)9-5-6(2)8/h5H,4H2,1-3H3/b6-5+,9-7?. The van der Waals surface area contributed by atoms with E-state index < -0.39 is 0 Å². The van der Waals surface area contributed by atoms with Crippen molar-refractivity contribution in [2.24, 2.45) is 4.99 Å². The molecule has 9 heavy (non-hydrogen) atoms. The largest absolute Gasteiger partial charge is 0.263 e. The minimum Gasteiger partial charge on any atom is -0.263 e. The maximum Gasteiger partial charge on any atom is 0.115 e. The molecule has 0 amide bonds. The summed E-state index contributed by atoms with van der Waals surface area (Å²) in [6, 6.07) is 0. The van der Waals surface area contributed by atoms with Crippen LogP contribution in [0, 0.1) is 0 Å². The lowest BCUT2D eigenvalue weighted by molar-refractivity contribution is 0.637. The van der Waals surface area contributed by atoms with Crippen molar-refractivity contribution in [2.45, 2.75) is 27.2 Å². The van der Waals surface area contributed by atoms with Crippen LogP contribution < -0.4 is 0 Å². The van der Waals surface area contributed by atoms with Crippen molar-refractivity contribution >= 4 is 5.71 Å². The van der Waals surface area contributed by atoms with Gasteiger partial charge in [-0.3, -0.25) is 4.99 Å². The molecular weight excluding hydrogens is 117 g/mol. The number of hydrogen-bond acceptors (Lipinski definition) is 1. The Balaban J connectivity index is 3.83. The highest BCUT2D eigenvalue weighted by atomic mass is 19.1. The van der Waals surface area contributed by atoms with Crippen LogP contribution in [0.1, 0.15) is 27.2 Å². The summed E-state index contributed by atoms with van der Waals surface area (Å²) in [6.07, 6.45) is 2.11. The van der Waals surface area contributed by atoms with Gasteiger partial charge in [-0.2, -0.15) is 0 Å². The molecule has 0 rings (SSSR count). The van der Waals surface area contributed by atoms with Gasteiger partial charge in [0, 0.05) is 5.71 Å². The van der Waals surface area contributed by atoms with Crippen LogP contribution in [-0.4, -0.2) is 5.71 Å². The fourth-order valence-electron chi connectivity index (χ4n) is 0.290. The van der Waals surface area contributed by atoms with Crippen molar-refractivity contribution in [1.29, 1.82) is 0 Å². The second-order valence-electron chi connectivity index (χ2n) is 1.93. The van der Waals surface area contributed by atoms with Crippen molar-refractivity contribution in [3.05, 3.63) is 12.0 Å². The zero-order valence-electron chi connectivity index (χ0n) is 6.11. The van der Waals surface area contributed by atoms with E-state index in [1.54, 1.807) is 0 Å². The SMILES string of the molecule is CCC(C)=N/C=C(\C)F. The molecule has 0 atom stereocenters. The first-order valence-corrected chi connectivity index (χ1v) is 3.02. The van der Waals surface area contributed by atoms with E-state index in [1.165, 1.54) is 13.1 Å². The van der Waals surface area contributed by atoms with Gasteiger partial charge >= 0.3 is 0 Å². The van der Waals surface area contributed by atoms with E-state index in [4.69, 9.17) is 0 Å². The van der Waals surface area contributed by atoms with Crippen LogP contribution in [0.3, 0.4) is 0 Å². The highest BCUT2D eigenvalue weighted by Gasteiger charge is 1.81. The summed E-state index contributed by atoms with van der Waals surface area (Å²) in [5, 5.41) is 0. The second kappa shape index (κ2) is 4.24. The van der Waals surface area contributed by atoms with Gasteiger partial charge in [0.15, 0.2) is 0 Å². The van der Waals surface area contributed by atoms with Crippen molar-refractivity contribution in [1.82, 2.24) is 0 Å². The van der Waals surface area contributed by atoms with E-state index in [1.807, 2.05) is 13.8 Å². The first-order chi connectivity index (χ1) is 4.16. The molecule has 0 bridgehead atoms. The highest BCUT2D eigenvalue weighted by Crippen LogP contribution is 1.94. The van der Waals surface area contributed by atoms with Crippen molar-refractivity contribution in [3.8, 4) is 0 Å². The number of halogens is 1. The third-order valence-corrected chi connectivity index (χ3v) is 0.974. The molecule has 0 saturated heterocycles. The van der Waals surface area contributed by atoms with Gasteiger partial charge in [-0.05, 0) is 20.3 Å². The van der Waals surface area contributed by atoms with Gasteiger partial charge in [-0.25, -0.2) is 4.39 Å². The molecule has 0 spiro atoms. The number of aliphatic imine (C=N–C) groups is 1. The van der Waals surface area contributed by atoms with Crippen molar-refractivity contribution in [2.75, 3.05) is 0 Å². The lowest BCUT2D eigenvalue weighted by Crippen LogP contribution is -1.83. The first-order valence-electron chi connectivity index (χ1n) is 3.02. The predicted octanol–water partition coefficient (Wildman–Crippen LogP) is 2.69. The molecule has 0 aromatic carbocycles. The predicted molar refractivity (Wildman–Crippen MR) is 38.3 cm³/mol. The molecule has 0 heterocycles. The van der Waals surface area contributed by atoms with E-state index in [-0.39, 0.29) is 5.83 Å². The number of rotatable bonds is 2. The van der Waals surface area contributed by atoms with Gasteiger partial charge in [-0.1, -0.05) is 6.92 Å². The fourth-order valence-corrected chi connectivity index (χ4v) is 0.290. The van der Waals surface area contributed by atoms with E-state index >= 15 is 0 Å². The fraction of sp³-hybridized carbons (Fsp3) is 0.571. The molecule has 0 aliphatic rings.